The zero-order valence-corrected chi connectivity index (χ0v) is 12.6. The molecule has 0 saturated heterocycles. The van der Waals surface area contributed by atoms with Crippen LogP contribution in [0.2, 0.25) is 0 Å². The lowest BCUT2D eigenvalue weighted by molar-refractivity contribution is 0.238. The standard InChI is InChI=1S/C14H21BrN2O/c1-12-8-13(18)17(11-16-12)10-14(9-15)6-4-2-3-5-7-14/h8,11H,2-7,9-10H2,1H3. The van der Waals surface area contributed by atoms with Gasteiger partial charge in [-0.05, 0) is 25.2 Å². The van der Waals surface area contributed by atoms with E-state index in [0.717, 1.165) is 17.6 Å². The summed E-state index contributed by atoms with van der Waals surface area (Å²) in [5, 5.41) is 0.973. The van der Waals surface area contributed by atoms with Crippen molar-refractivity contribution in [2.45, 2.75) is 52.0 Å². The molecule has 2 rings (SSSR count). The summed E-state index contributed by atoms with van der Waals surface area (Å²) in [7, 11) is 0. The summed E-state index contributed by atoms with van der Waals surface area (Å²) in [6.45, 7) is 2.65. The van der Waals surface area contributed by atoms with Crippen LogP contribution in [0.4, 0.5) is 0 Å². The first-order valence-corrected chi connectivity index (χ1v) is 7.86. The molecule has 1 aromatic rings. The van der Waals surface area contributed by atoms with Crippen molar-refractivity contribution < 1.29 is 0 Å². The van der Waals surface area contributed by atoms with E-state index < -0.39 is 0 Å². The van der Waals surface area contributed by atoms with Crippen LogP contribution in [0.5, 0.6) is 0 Å². The van der Waals surface area contributed by atoms with Crippen LogP contribution in [0.3, 0.4) is 0 Å². The number of alkyl halides is 1. The lowest BCUT2D eigenvalue weighted by Gasteiger charge is -2.31. The van der Waals surface area contributed by atoms with Crippen LogP contribution in [-0.4, -0.2) is 14.9 Å². The number of aromatic nitrogens is 2. The Balaban J connectivity index is 2.20. The summed E-state index contributed by atoms with van der Waals surface area (Å²) in [6.07, 6.45) is 9.33. The molecule has 0 amide bonds. The van der Waals surface area contributed by atoms with Crippen LogP contribution in [-0.2, 0) is 6.54 Å². The van der Waals surface area contributed by atoms with Crippen LogP contribution in [0.25, 0.3) is 0 Å². The minimum atomic E-state index is 0.0760. The van der Waals surface area contributed by atoms with E-state index in [1.807, 2.05) is 6.92 Å². The summed E-state index contributed by atoms with van der Waals surface area (Å²) in [6, 6.07) is 1.62. The van der Waals surface area contributed by atoms with E-state index in [4.69, 9.17) is 0 Å². The van der Waals surface area contributed by atoms with Crippen molar-refractivity contribution in [3.63, 3.8) is 0 Å². The zero-order chi connectivity index (χ0) is 13.0. The molecule has 3 nitrogen and oxygen atoms in total. The lowest BCUT2D eigenvalue weighted by atomic mass is 9.82. The molecule has 0 radical (unpaired) electrons. The quantitative estimate of drug-likeness (QED) is 0.634. The van der Waals surface area contributed by atoms with E-state index in [9.17, 15) is 4.79 Å². The summed E-state index contributed by atoms with van der Waals surface area (Å²) in [5.41, 5.74) is 1.11. The van der Waals surface area contributed by atoms with Crippen LogP contribution < -0.4 is 5.56 Å². The van der Waals surface area contributed by atoms with Crippen molar-refractivity contribution in [3.8, 4) is 0 Å². The highest BCUT2D eigenvalue weighted by molar-refractivity contribution is 9.09. The molecular formula is C14H21BrN2O. The van der Waals surface area contributed by atoms with Gasteiger partial charge in [-0.3, -0.25) is 9.36 Å². The topological polar surface area (TPSA) is 34.9 Å². The number of aryl methyl sites for hydroxylation is 1. The molecular weight excluding hydrogens is 292 g/mol. The Kier molecular flexibility index (Phi) is 4.60. The van der Waals surface area contributed by atoms with Gasteiger partial charge >= 0.3 is 0 Å². The normalized spacial score (nSPS) is 19.4. The van der Waals surface area contributed by atoms with Gasteiger partial charge in [0.1, 0.15) is 0 Å². The van der Waals surface area contributed by atoms with E-state index in [1.54, 1.807) is 17.0 Å². The van der Waals surface area contributed by atoms with Gasteiger partial charge in [0.05, 0.1) is 6.33 Å². The monoisotopic (exact) mass is 312 g/mol. The number of hydrogen-bond acceptors (Lipinski definition) is 2. The van der Waals surface area contributed by atoms with Crippen LogP contribution in [0.15, 0.2) is 17.2 Å². The highest BCUT2D eigenvalue weighted by Crippen LogP contribution is 2.37. The van der Waals surface area contributed by atoms with Crippen molar-refractivity contribution in [2.24, 2.45) is 5.41 Å². The molecule has 0 atom stereocenters. The number of nitrogens with zero attached hydrogens (tertiary/aromatic N) is 2. The molecule has 0 unspecified atom stereocenters. The first-order valence-electron chi connectivity index (χ1n) is 6.74. The van der Waals surface area contributed by atoms with Crippen molar-refractivity contribution in [2.75, 3.05) is 5.33 Å². The fraction of sp³-hybridized carbons (Fsp3) is 0.714. The van der Waals surface area contributed by atoms with Gasteiger partial charge in [0, 0.05) is 23.6 Å². The molecule has 1 heterocycles. The fourth-order valence-corrected chi connectivity index (χ4v) is 3.55. The third kappa shape index (κ3) is 3.22. The highest BCUT2D eigenvalue weighted by atomic mass is 79.9. The predicted octanol–water partition coefficient (Wildman–Crippen LogP) is 3.29. The molecule has 100 valence electrons. The Morgan fingerprint density at radius 2 is 2.00 bits per heavy atom. The molecule has 0 bridgehead atoms. The molecule has 1 aromatic heterocycles. The molecule has 0 aromatic carbocycles. The highest BCUT2D eigenvalue weighted by Gasteiger charge is 2.30. The van der Waals surface area contributed by atoms with Gasteiger partial charge in [-0.25, -0.2) is 4.98 Å². The number of halogens is 1. The first-order chi connectivity index (χ1) is 8.65. The van der Waals surface area contributed by atoms with Gasteiger partial charge in [-0.1, -0.05) is 41.6 Å². The van der Waals surface area contributed by atoms with Crippen molar-refractivity contribution in [3.05, 3.63) is 28.4 Å². The number of hydrogen-bond donors (Lipinski definition) is 0. The average Bonchev–Trinajstić information content (AvgIpc) is 2.59. The summed E-state index contributed by atoms with van der Waals surface area (Å²) < 4.78 is 1.78. The van der Waals surface area contributed by atoms with E-state index in [2.05, 4.69) is 20.9 Å². The van der Waals surface area contributed by atoms with Gasteiger partial charge in [-0.15, -0.1) is 0 Å². The van der Waals surface area contributed by atoms with Crippen LogP contribution >= 0.6 is 15.9 Å². The first kappa shape index (κ1) is 13.8. The van der Waals surface area contributed by atoms with Gasteiger partial charge in [0.15, 0.2) is 0 Å². The maximum atomic E-state index is 12.0. The maximum absolute atomic E-state index is 12.0. The van der Waals surface area contributed by atoms with E-state index in [-0.39, 0.29) is 11.0 Å². The minimum absolute atomic E-state index is 0.0760. The summed E-state index contributed by atoms with van der Waals surface area (Å²) in [4.78, 5) is 16.2. The molecule has 1 aliphatic rings. The second-order valence-corrected chi connectivity index (χ2v) is 6.11. The van der Waals surface area contributed by atoms with Gasteiger partial charge in [0.2, 0.25) is 0 Å². The largest absolute Gasteiger partial charge is 0.299 e. The fourth-order valence-electron chi connectivity index (χ4n) is 2.81. The average molecular weight is 313 g/mol. The number of rotatable bonds is 3. The van der Waals surface area contributed by atoms with E-state index >= 15 is 0 Å². The van der Waals surface area contributed by atoms with Crippen molar-refractivity contribution >= 4 is 15.9 Å². The second kappa shape index (κ2) is 6.00. The van der Waals surface area contributed by atoms with E-state index in [1.165, 1.54) is 38.5 Å². The Labute approximate surface area is 117 Å². The third-order valence-electron chi connectivity index (χ3n) is 3.97. The Morgan fingerprint density at radius 1 is 1.33 bits per heavy atom. The van der Waals surface area contributed by atoms with Crippen LogP contribution in [0, 0.1) is 12.3 Å². The van der Waals surface area contributed by atoms with E-state index in [0.29, 0.717) is 0 Å². The second-order valence-electron chi connectivity index (χ2n) is 5.54. The minimum Gasteiger partial charge on any atom is -0.299 e. The van der Waals surface area contributed by atoms with Gasteiger partial charge in [-0.2, -0.15) is 0 Å². The Morgan fingerprint density at radius 3 is 2.56 bits per heavy atom. The van der Waals surface area contributed by atoms with Crippen molar-refractivity contribution in [1.82, 2.24) is 9.55 Å². The molecule has 0 spiro atoms. The Bertz CT molecular complexity index is 447. The molecule has 0 N–H and O–H groups in total. The van der Waals surface area contributed by atoms with Crippen molar-refractivity contribution in [1.29, 1.82) is 0 Å². The predicted molar refractivity (Wildman–Crippen MR) is 77.2 cm³/mol. The molecule has 18 heavy (non-hydrogen) atoms. The Hall–Kier alpha value is -0.640. The zero-order valence-electron chi connectivity index (χ0n) is 11.0. The smallest absolute Gasteiger partial charge is 0.253 e. The molecule has 0 aliphatic heterocycles. The maximum Gasteiger partial charge on any atom is 0.253 e. The third-order valence-corrected chi connectivity index (χ3v) is 5.16. The SMILES string of the molecule is Cc1cc(=O)n(CC2(CBr)CCCCCC2)cn1. The molecule has 1 saturated carbocycles. The molecule has 1 fully saturated rings. The molecule has 1 aliphatic carbocycles. The molecule has 4 heteroatoms. The lowest BCUT2D eigenvalue weighted by Crippen LogP contribution is -2.33. The summed E-state index contributed by atoms with van der Waals surface area (Å²) in [5.74, 6) is 0. The van der Waals surface area contributed by atoms with Gasteiger partial charge in [0.25, 0.3) is 5.56 Å². The summed E-state index contributed by atoms with van der Waals surface area (Å²) >= 11 is 3.66. The van der Waals surface area contributed by atoms with Crippen LogP contribution in [0.1, 0.15) is 44.2 Å². The van der Waals surface area contributed by atoms with Gasteiger partial charge < -0.3 is 0 Å².